The van der Waals surface area contributed by atoms with Gasteiger partial charge >= 0.3 is 0 Å². The molecule has 47 heavy (non-hydrogen) atoms. The van der Waals surface area contributed by atoms with Crippen molar-refractivity contribution in [2.24, 2.45) is 0 Å². The normalized spacial score (nSPS) is 11.2. The van der Waals surface area contributed by atoms with Gasteiger partial charge in [0.2, 0.25) is 0 Å². The third-order valence-electron chi connectivity index (χ3n) is 8.32. The van der Waals surface area contributed by atoms with Gasteiger partial charge in [-0.05, 0) is 87.0 Å². The van der Waals surface area contributed by atoms with E-state index < -0.39 is 5.60 Å². The molecule has 5 nitrogen and oxygen atoms in total. The lowest BCUT2D eigenvalue weighted by atomic mass is 9.80. The molecule has 0 aliphatic heterocycles. The van der Waals surface area contributed by atoms with E-state index in [-0.39, 0.29) is 6.61 Å². The van der Waals surface area contributed by atoms with Crippen molar-refractivity contribution in [3.63, 3.8) is 0 Å². The zero-order valence-electron chi connectivity index (χ0n) is 26.6. The zero-order valence-corrected chi connectivity index (χ0v) is 26.6. The molecule has 0 unspecified atom stereocenters. The van der Waals surface area contributed by atoms with Crippen LogP contribution in [-0.2, 0) is 30.2 Å². The Kier molecular flexibility index (Phi) is 9.97. The van der Waals surface area contributed by atoms with Gasteiger partial charge in [-0.25, -0.2) is 0 Å². The zero-order chi connectivity index (χ0) is 32.5. The summed E-state index contributed by atoms with van der Waals surface area (Å²) in [5, 5.41) is 9.41. The highest BCUT2D eigenvalue weighted by Gasteiger charge is 2.38. The molecule has 6 rings (SSSR count). The first-order valence-electron chi connectivity index (χ1n) is 15.6. The average molecular weight is 623 g/mol. The van der Waals surface area contributed by atoms with Gasteiger partial charge in [-0.3, -0.25) is 0 Å². The minimum Gasteiger partial charge on any atom is -0.497 e. The summed E-state index contributed by atoms with van der Waals surface area (Å²) in [6.07, 6.45) is 0. The largest absolute Gasteiger partial charge is 0.497 e. The molecular formula is C42H38O5. The first-order valence-corrected chi connectivity index (χ1v) is 15.6. The summed E-state index contributed by atoms with van der Waals surface area (Å²) in [6, 6.07) is 50.8. The fraction of sp³-hybridized carbons (Fsp3) is 0.143. The van der Waals surface area contributed by atoms with Gasteiger partial charge in [0.25, 0.3) is 0 Å². The third-order valence-corrected chi connectivity index (χ3v) is 8.32. The number of rotatable bonds is 13. The second-order valence-corrected chi connectivity index (χ2v) is 11.3. The van der Waals surface area contributed by atoms with Crippen LogP contribution in [-0.4, -0.2) is 19.3 Å². The van der Waals surface area contributed by atoms with Crippen LogP contribution in [0.25, 0.3) is 11.1 Å². The summed E-state index contributed by atoms with van der Waals surface area (Å²) < 4.78 is 24.1. The van der Waals surface area contributed by atoms with Crippen LogP contribution in [0.4, 0.5) is 0 Å². The van der Waals surface area contributed by atoms with Crippen LogP contribution in [0.2, 0.25) is 0 Å². The van der Waals surface area contributed by atoms with Crippen LogP contribution in [0.1, 0.15) is 33.4 Å². The van der Waals surface area contributed by atoms with Crippen molar-refractivity contribution >= 4 is 0 Å². The highest BCUT2D eigenvalue weighted by molar-refractivity contribution is 5.65. The van der Waals surface area contributed by atoms with E-state index in [2.05, 4.69) is 72.8 Å². The minimum absolute atomic E-state index is 0.0167. The van der Waals surface area contributed by atoms with Gasteiger partial charge in [0, 0.05) is 0 Å². The number of ether oxygens (including phenoxy) is 4. The summed E-state index contributed by atoms with van der Waals surface area (Å²) in [5.74, 6) is 2.35. The maximum absolute atomic E-state index is 9.41. The lowest BCUT2D eigenvalue weighted by Gasteiger charge is -2.36. The van der Waals surface area contributed by atoms with Crippen LogP contribution in [0.3, 0.4) is 0 Å². The Hall–Kier alpha value is -5.36. The monoisotopic (exact) mass is 622 g/mol. The molecule has 0 amide bonds. The molecule has 0 radical (unpaired) electrons. The topological polar surface area (TPSA) is 57.2 Å². The Bertz CT molecular complexity index is 1820. The molecule has 0 fully saturated rings. The molecular weight excluding hydrogens is 584 g/mol. The average Bonchev–Trinajstić information content (AvgIpc) is 3.15. The Balaban J connectivity index is 1.28. The minimum atomic E-state index is -0.897. The van der Waals surface area contributed by atoms with E-state index in [4.69, 9.17) is 18.9 Å². The van der Waals surface area contributed by atoms with Crippen molar-refractivity contribution in [2.45, 2.75) is 25.4 Å². The smallest absolute Gasteiger partial charge is 0.144 e. The Morgan fingerprint density at radius 3 is 1.60 bits per heavy atom. The van der Waals surface area contributed by atoms with Crippen molar-refractivity contribution in [1.29, 1.82) is 0 Å². The highest BCUT2D eigenvalue weighted by atomic mass is 16.5. The van der Waals surface area contributed by atoms with Gasteiger partial charge in [0.05, 0.1) is 27.4 Å². The van der Waals surface area contributed by atoms with Crippen LogP contribution >= 0.6 is 0 Å². The van der Waals surface area contributed by atoms with E-state index in [0.29, 0.717) is 13.2 Å². The van der Waals surface area contributed by atoms with Gasteiger partial charge in [0.15, 0.2) is 0 Å². The summed E-state index contributed by atoms with van der Waals surface area (Å²) in [7, 11) is 3.35. The summed E-state index contributed by atoms with van der Waals surface area (Å²) in [6.45, 7) is 0.823. The SMILES string of the molecule is COc1ccc(C(OCc2cccc(-c3ccc(OCc4cccc(CO)c4)cc3)c2)(c2ccccc2)c2ccc(OC)cc2)cc1. The molecule has 6 aromatic rings. The maximum Gasteiger partial charge on any atom is 0.144 e. The van der Waals surface area contributed by atoms with Crippen molar-refractivity contribution in [3.8, 4) is 28.4 Å². The van der Waals surface area contributed by atoms with Crippen molar-refractivity contribution in [3.05, 3.63) is 185 Å². The first kappa shape index (κ1) is 31.6. The molecule has 236 valence electrons. The number of methoxy groups -OCH3 is 2. The Morgan fingerprint density at radius 2 is 1.00 bits per heavy atom. The van der Waals surface area contributed by atoms with E-state index in [1.54, 1.807) is 14.2 Å². The van der Waals surface area contributed by atoms with E-state index in [0.717, 1.165) is 61.8 Å². The van der Waals surface area contributed by atoms with Crippen LogP contribution in [0.15, 0.2) is 152 Å². The fourth-order valence-electron chi connectivity index (χ4n) is 5.83. The number of aliphatic hydroxyl groups excluding tert-OH is 1. The quantitative estimate of drug-likeness (QED) is 0.130. The summed E-state index contributed by atoms with van der Waals surface area (Å²) >= 11 is 0. The molecule has 0 aliphatic rings. The van der Waals surface area contributed by atoms with E-state index in [9.17, 15) is 5.11 Å². The molecule has 0 aliphatic carbocycles. The van der Waals surface area contributed by atoms with Crippen LogP contribution < -0.4 is 14.2 Å². The second kappa shape index (κ2) is 14.8. The van der Waals surface area contributed by atoms with Crippen molar-refractivity contribution in [1.82, 2.24) is 0 Å². The van der Waals surface area contributed by atoms with Crippen molar-refractivity contribution in [2.75, 3.05) is 14.2 Å². The molecule has 0 saturated carbocycles. The predicted molar refractivity (Wildman–Crippen MR) is 186 cm³/mol. The van der Waals surface area contributed by atoms with Crippen LogP contribution in [0, 0.1) is 0 Å². The highest BCUT2D eigenvalue weighted by Crippen LogP contribution is 2.42. The number of hydrogen-bond donors (Lipinski definition) is 1. The lowest BCUT2D eigenvalue weighted by molar-refractivity contribution is 0.000209. The number of hydrogen-bond acceptors (Lipinski definition) is 5. The first-order chi connectivity index (χ1) is 23.1. The lowest BCUT2D eigenvalue weighted by Crippen LogP contribution is -2.32. The maximum atomic E-state index is 9.41. The molecule has 6 aromatic carbocycles. The van der Waals surface area contributed by atoms with Gasteiger partial charge in [0.1, 0.15) is 29.5 Å². The molecule has 1 N–H and O–H groups in total. The van der Waals surface area contributed by atoms with Crippen LogP contribution in [0.5, 0.6) is 17.2 Å². The molecule has 0 heterocycles. The number of benzene rings is 6. The number of aliphatic hydroxyl groups is 1. The van der Waals surface area contributed by atoms with Gasteiger partial charge in [-0.1, -0.05) is 109 Å². The fourth-order valence-corrected chi connectivity index (χ4v) is 5.83. The molecule has 0 atom stereocenters. The van der Waals surface area contributed by atoms with Gasteiger partial charge in [-0.15, -0.1) is 0 Å². The molecule has 0 saturated heterocycles. The predicted octanol–water partition coefficient (Wildman–Crippen LogP) is 8.95. The van der Waals surface area contributed by atoms with E-state index in [1.165, 1.54) is 0 Å². The second-order valence-electron chi connectivity index (χ2n) is 11.3. The molecule has 5 heteroatoms. The molecule has 0 spiro atoms. The summed E-state index contributed by atoms with van der Waals surface area (Å²) in [5.41, 5.74) is 7.22. The third kappa shape index (κ3) is 7.23. The molecule has 0 bridgehead atoms. The Morgan fingerprint density at radius 1 is 0.468 bits per heavy atom. The van der Waals surface area contributed by atoms with E-state index >= 15 is 0 Å². The Labute approximate surface area is 276 Å². The van der Waals surface area contributed by atoms with Crippen molar-refractivity contribution < 1.29 is 24.1 Å². The standard InChI is InChI=1S/C42H38O5/c1-44-39-22-16-37(17-23-39)42(36-12-4-3-5-13-36,38-18-24-40(45-2)25-19-38)47-30-33-10-7-11-35(27-33)34-14-20-41(21-15-34)46-29-32-9-6-8-31(26-32)28-43/h3-27,43H,28-30H2,1-2H3. The van der Waals surface area contributed by atoms with Gasteiger partial charge in [-0.2, -0.15) is 0 Å². The van der Waals surface area contributed by atoms with Gasteiger partial charge < -0.3 is 24.1 Å². The summed E-state index contributed by atoms with van der Waals surface area (Å²) in [4.78, 5) is 0. The molecule has 0 aromatic heterocycles. The van der Waals surface area contributed by atoms with E-state index in [1.807, 2.05) is 78.9 Å².